The van der Waals surface area contributed by atoms with Gasteiger partial charge < -0.3 is 15.1 Å². The van der Waals surface area contributed by atoms with Crippen LogP contribution in [-0.4, -0.2) is 105 Å². The molecule has 1 atom stereocenters. The molecule has 2 saturated heterocycles. The topological polar surface area (TPSA) is 85.3 Å². The summed E-state index contributed by atoms with van der Waals surface area (Å²) in [5, 5.41) is 3.29. The second-order valence-corrected chi connectivity index (χ2v) is 9.71. The molecular formula is C18H36IN5O3S. The van der Waals surface area contributed by atoms with Gasteiger partial charge in [0.05, 0.1) is 11.8 Å². The number of aliphatic imine (C=N–C) groups is 1. The highest BCUT2D eigenvalue weighted by Gasteiger charge is 2.30. The number of hydrogen-bond acceptors (Lipinski definition) is 5. The molecular weight excluding hydrogens is 493 g/mol. The molecule has 0 aromatic rings. The summed E-state index contributed by atoms with van der Waals surface area (Å²) in [6.45, 7) is 10.4. The molecule has 2 aliphatic rings. The Morgan fingerprint density at radius 3 is 2.21 bits per heavy atom. The van der Waals surface area contributed by atoms with Crippen LogP contribution in [0.5, 0.6) is 0 Å². The number of hydrogen-bond donors (Lipinski definition) is 1. The Morgan fingerprint density at radius 2 is 1.68 bits per heavy atom. The van der Waals surface area contributed by atoms with E-state index in [0.717, 1.165) is 64.6 Å². The molecule has 8 nitrogen and oxygen atoms in total. The molecule has 1 N–H and O–H groups in total. The zero-order valence-corrected chi connectivity index (χ0v) is 20.5. The molecule has 0 bridgehead atoms. The van der Waals surface area contributed by atoms with Crippen LogP contribution < -0.4 is 5.32 Å². The summed E-state index contributed by atoms with van der Waals surface area (Å²) < 4.78 is 22.5. The van der Waals surface area contributed by atoms with E-state index in [1.54, 1.807) is 0 Å². The summed E-state index contributed by atoms with van der Waals surface area (Å²) in [6.07, 6.45) is 4.03. The summed E-state index contributed by atoms with van der Waals surface area (Å²) in [5.74, 6) is 1.26. The Bertz CT molecular complexity index is 615. The number of carbonyl (C=O) groups is 1. The number of halogens is 1. The molecule has 0 aromatic carbocycles. The molecule has 0 saturated carbocycles. The molecule has 2 rings (SSSR count). The van der Waals surface area contributed by atoms with Crippen LogP contribution in [0.3, 0.4) is 0 Å². The second kappa shape index (κ2) is 12.2. The van der Waals surface area contributed by atoms with Crippen molar-refractivity contribution in [3.05, 3.63) is 0 Å². The molecule has 2 heterocycles. The van der Waals surface area contributed by atoms with Crippen LogP contribution in [0.1, 0.15) is 33.1 Å². The lowest BCUT2D eigenvalue weighted by Gasteiger charge is -2.39. The average molecular weight is 529 g/mol. The van der Waals surface area contributed by atoms with Gasteiger partial charge in [-0.15, -0.1) is 24.0 Å². The zero-order chi connectivity index (χ0) is 19.9. The van der Waals surface area contributed by atoms with E-state index in [9.17, 15) is 13.2 Å². The van der Waals surface area contributed by atoms with Crippen LogP contribution in [-0.2, 0) is 14.6 Å². The van der Waals surface area contributed by atoms with Crippen LogP contribution in [0.2, 0.25) is 0 Å². The van der Waals surface area contributed by atoms with Crippen molar-refractivity contribution in [1.82, 2.24) is 20.0 Å². The van der Waals surface area contributed by atoms with E-state index < -0.39 is 9.84 Å². The molecule has 2 aliphatic heterocycles. The SMILES string of the molecule is CCNC(=NCCCS(C)(=O)=O)N1CCN(C(C)C(=O)N2CCCC2)CC1.I. The van der Waals surface area contributed by atoms with Gasteiger partial charge in [-0.05, 0) is 33.1 Å². The number of piperazine rings is 1. The summed E-state index contributed by atoms with van der Waals surface area (Å²) in [6, 6.07) is -0.0699. The number of carbonyl (C=O) groups excluding carboxylic acids is 1. The lowest BCUT2D eigenvalue weighted by Crippen LogP contribution is -2.57. The minimum absolute atomic E-state index is 0. The first-order valence-electron chi connectivity index (χ1n) is 10.1. The fourth-order valence-corrected chi connectivity index (χ4v) is 4.27. The molecule has 28 heavy (non-hydrogen) atoms. The maximum atomic E-state index is 12.6. The van der Waals surface area contributed by atoms with Crippen LogP contribution in [0.4, 0.5) is 0 Å². The van der Waals surface area contributed by atoms with Crippen LogP contribution in [0.15, 0.2) is 4.99 Å². The highest BCUT2D eigenvalue weighted by molar-refractivity contribution is 14.0. The number of likely N-dealkylation sites (tertiary alicyclic amines) is 1. The maximum Gasteiger partial charge on any atom is 0.239 e. The van der Waals surface area contributed by atoms with Crippen molar-refractivity contribution in [1.29, 1.82) is 0 Å². The summed E-state index contributed by atoms with van der Waals surface area (Å²) in [5.41, 5.74) is 0. The average Bonchev–Trinajstić information content (AvgIpc) is 3.17. The fourth-order valence-electron chi connectivity index (χ4n) is 3.62. The van der Waals surface area contributed by atoms with Gasteiger partial charge in [0.15, 0.2) is 5.96 Å². The van der Waals surface area contributed by atoms with Gasteiger partial charge in [0, 0.05) is 58.6 Å². The Morgan fingerprint density at radius 1 is 1.07 bits per heavy atom. The first kappa shape index (κ1) is 25.4. The molecule has 0 radical (unpaired) electrons. The van der Waals surface area contributed by atoms with Crippen molar-refractivity contribution in [3.8, 4) is 0 Å². The van der Waals surface area contributed by atoms with Crippen LogP contribution >= 0.6 is 24.0 Å². The molecule has 1 amide bonds. The fraction of sp³-hybridized carbons (Fsp3) is 0.889. The van der Waals surface area contributed by atoms with Crippen LogP contribution in [0, 0.1) is 0 Å². The second-order valence-electron chi connectivity index (χ2n) is 7.45. The number of nitrogens with zero attached hydrogens (tertiary/aromatic N) is 4. The quantitative estimate of drug-likeness (QED) is 0.226. The predicted molar refractivity (Wildman–Crippen MR) is 124 cm³/mol. The third kappa shape index (κ3) is 8.02. The van der Waals surface area contributed by atoms with Gasteiger partial charge in [0.25, 0.3) is 0 Å². The van der Waals surface area contributed by atoms with Gasteiger partial charge in [-0.1, -0.05) is 0 Å². The summed E-state index contributed by atoms with van der Waals surface area (Å²) in [7, 11) is -2.94. The standard InChI is InChI=1S/C18H35N5O3S.HI/c1-4-19-18(20-8-7-15-27(3,25)26)23-13-11-21(12-14-23)16(2)17(24)22-9-5-6-10-22;/h16H,4-15H2,1-3H3,(H,19,20);1H. The van der Waals surface area contributed by atoms with Crippen molar-refractivity contribution in [2.24, 2.45) is 4.99 Å². The van der Waals surface area contributed by atoms with E-state index in [-0.39, 0.29) is 41.7 Å². The van der Waals surface area contributed by atoms with Crippen molar-refractivity contribution < 1.29 is 13.2 Å². The maximum absolute atomic E-state index is 12.6. The lowest BCUT2D eigenvalue weighted by atomic mass is 10.2. The third-order valence-corrected chi connectivity index (χ3v) is 6.24. The van der Waals surface area contributed by atoms with E-state index in [1.165, 1.54) is 6.26 Å². The van der Waals surface area contributed by atoms with Gasteiger partial charge in [-0.2, -0.15) is 0 Å². The van der Waals surface area contributed by atoms with E-state index in [4.69, 9.17) is 0 Å². The number of sulfone groups is 1. The summed E-state index contributed by atoms with van der Waals surface area (Å²) in [4.78, 5) is 23.6. The highest BCUT2D eigenvalue weighted by atomic mass is 127. The normalized spacial score (nSPS) is 20.0. The lowest BCUT2D eigenvalue weighted by molar-refractivity contribution is -0.135. The monoisotopic (exact) mass is 529 g/mol. The van der Waals surface area contributed by atoms with Gasteiger partial charge in [0.1, 0.15) is 9.84 Å². The smallest absolute Gasteiger partial charge is 0.239 e. The molecule has 0 aromatic heterocycles. The van der Waals surface area contributed by atoms with E-state index >= 15 is 0 Å². The minimum atomic E-state index is -2.94. The Balaban J connectivity index is 0.00000392. The molecule has 0 spiro atoms. The van der Waals surface area contributed by atoms with Gasteiger partial charge >= 0.3 is 0 Å². The van der Waals surface area contributed by atoms with Gasteiger partial charge in [0.2, 0.25) is 5.91 Å². The predicted octanol–water partition coefficient (Wildman–Crippen LogP) is 0.633. The van der Waals surface area contributed by atoms with Crippen molar-refractivity contribution in [2.75, 3.05) is 64.4 Å². The Labute approximate surface area is 187 Å². The van der Waals surface area contributed by atoms with E-state index in [0.29, 0.717) is 13.0 Å². The first-order chi connectivity index (χ1) is 12.8. The molecule has 0 aliphatic carbocycles. The van der Waals surface area contributed by atoms with E-state index in [1.807, 2.05) is 18.7 Å². The van der Waals surface area contributed by atoms with Gasteiger partial charge in [-0.3, -0.25) is 14.7 Å². The number of amides is 1. The summed E-state index contributed by atoms with van der Waals surface area (Å²) >= 11 is 0. The van der Waals surface area contributed by atoms with Gasteiger partial charge in [-0.25, -0.2) is 8.42 Å². The Kier molecular flexibility index (Phi) is 11.0. The largest absolute Gasteiger partial charge is 0.357 e. The molecule has 2 fully saturated rings. The molecule has 164 valence electrons. The molecule has 1 unspecified atom stereocenters. The number of rotatable bonds is 7. The van der Waals surface area contributed by atoms with Crippen LogP contribution in [0.25, 0.3) is 0 Å². The number of guanidine groups is 1. The third-order valence-electron chi connectivity index (χ3n) is 5.21. The van der Waals surface area contributed by atoms with E-state index in [2.05, 4.69) is 20.1 Å². The van der Waals surface area contributed by atoms with Crippen molar-refractivity contribution >= 4 is 45.7 Å². The zero-order valence-electron chi connectivity index (χ0n) is 17.4. The highest BCUT2D eigenvalue weighted by Crippen LogP contribution is 2.14. The molecule has 10 heteroatoms. The number of nitrogens with one attached hydrogen (secondary N) is 1. The van der Waals surface area contributed by atoms with Crippen molar-refractivity contribution in [2.45, 2.75) is 39.2 Å². The van der Waals surface area contributed by atoms with Crippen molar-refractivity contribution in [3.63, 3.8) is 0 Å². The first-order valence-corrected chi connectivity index (χ1v) is 12.1. The minimum Gasteiger partial charge on any atom is -0.357 e. The Hall–Kier alpha value is -0.620.